The predicted octanol–water partition coefficient (Wildman–Crippen LogP) is -0.249. The molecule has 28 heavy (non-hydrogen) atoms. The van der Waals surface area contributed by atoms with Crippen LogP contribution in [0.1, 0.15) is 0 Å². The van der Waals surface area contributed by atoms with Crippen LogP contribution in [0.3, 0.4) is 0 Å². The van der Waals surface area contributed by atoms with Crippen molar-refractivity contribution in [3.63, 3.8) is 0 Å². The zero-order chi connectivity index (χ0) is 19.5. The number of rotatable bonds is 4. The first-order valence-corrected chi connectivity index (χ1v) is 10.9. The maximum Gasteiger partial charge on any atom is 0.232 e. The van der Waals surface area contributed by atoms with Crippen LogP contribution in [0.2, 0.25) is 0 Å². The van der Waals surface area contributed by atoms with Gasteiger partial charge in [0.1, 0.15) is 11.1 Å². The molecule has 0 aliphatic carbocycles. The van der Waals surface area contributed by atoms with Crippen LogP contribution in [-0.4, -0.2) is 91.9 Å². The summed E-state index contributed by atoms with van der Waals surface area (Å²) in [5.74, 6) is 1.40. The second-order valence-electron chi connectivity index (χ2n) is 8.00. The van der Waals surface area contributed by atoms with Crippen molar-refractivity contribution in [1.82, 2.24) is 24.4 Å². The van der Waals surface area contributed by atoms with Crippen molar-refractivity contribution in [1.29, 1.82) is 0 Å². The molecule has 5 heterocycles. The van der Waals surface area contributed by atoms with Gasteiger partial charge in [0.2, 0.25) is 11.9 Å². The van der Waals surface area contributed by atoms with E-state index < -0.39 is 5.60 Å². The van der Waals surface area contributed by atoms with Gasteiger partial charge < -0.3 is 24.2 Å². The van der Waals surface area contributed by atoms with E-state index in [0.29, 0.717) is 43.5 Å². The predicted molar refractivity (Wildman–Crippen MR) is 105 cm³/mol. The number of morpholine rings is 1. The van der Waals surface area contributed by atoms with Gasteiger partial charge >= 0.3 is 0 Å². The van der Waals surface area contributed by atoms with Crippen molar-refractivity contribution < 1.29 is 14.6 Å². The molecule has 9 nitrogen and oxygen atoms in total. The number of carbonyl (C=O) groups excluding carboxylic acids is 1. The first-order valence-electron chi connectivity index (χ1n) is 9.49. The smallest absolute Gasteiger partial charge is 0.232 e. The zero-order valence-corrected chi connectivity index (χ0v) is 16.8. The third kappa shape index (κ3) is 2.61. The molecule has 2 aromatic heterocycles. The topological polar surface area (TPSA) is 96.6 Å². The lowest BCUT2D eigenvalue weighted by atomic mass is 9.83. The monoisotopic (exact) mass is 404 g/mol. The fourth-order valence-corrected chi connectivity index (χ4v) is 5.48. The molecule has 150 valence electrons. The maximum atomic E-state index is 12.5. The Bertz CT molecular complexity index is 922. The average Bonchev–Trinajstić information content (AvgIpc) is 3.29. The van der Waals surface area contributed by atoms with E-state index in [9.17, 15) is 9.90 Å². The minimum Gasteiger partial charge on any atom is -0.396 e. The first kappa shape index (κ1) is 18.1. The number of fused-ring (bicyclic) bond motifs is 2. The van der Waals surface area contributed by atoms with E-state index in [1.54, 1.807) is 12.5 Å². The molecule has 2 bridgehead atoms. The van der Waals surface area contributed by atoms with Gasteiger partial charge in [-0.15, -0.1) is 0 Å². The fourth-order valence-electron chi connectivity index (χ4n) is 5.05. The van der Waals surface area contributed by atoms with Gasteiger partial charge in [-0.05, 0) is 6.26 Å². The van der Waals surface area contributed by atoms with Crippen LogP contribution in [0.4, 0.5) is 5.95 Å². The number of thioether (sulfide) groups is 1. The van der Waals surface area contributed by atoms with E-state index in [0.717, 1.165) is 5.52 Å². The van der Waals surface area contributed by atoms with Crippen molar-refractivity contribution in [2.24, 2.45) is 18.9 Å². The second-order valence-corrected chi connectivity index (χ2v) is 8.86. The van der Waals surface area contributed by atoms with Crippen LogP contribution in [0, 0.1) is 11.8 Å². The third-order valence-corrected chi connectivity index (χ3v) is 6.91. The van der Waals surface area contributed by atoms with Gasteiger partial charge in [0.05, 0.1) is 37.5 Å². The summed E-state index contributed by atoms with van der Waals surface area (Å²) in [7, 11) is 1.92. The highest BCUT2D eigenvalue weighted by Gasteiger charge is 2.63. The molecule has 0 unspecified atom stereocenters. The van der Waals surface area contributed by atoms with E-state index in [1.807, 2.05) is 22.8 Å². The van der Waals surface area contributed by atoms with Gasteiger partial charge in [-0.3, -0.25) is 4.79 Å². The number of carbonyl (C=O) groups is 1. The molecule has 3 aliphatic heterocycles. The van der Waals surface area contributed by atoms with Crippen molar-refractivity contribution >= 4 is 34.8 Å². The highest BCUT2D eigenvalue weighted by Crippen LogP contribution is 2.49. The Morgan fingerprint density at radius 2 is 2.25 bits per heavy atom. The number of imidazole rings is 1. The lowest BCUT2D eigenvalue weighted by molar-refractivity contribution is -0.130. The van der Waals surface area contributed by atoms with Gasteiger partial charge in [-0.25, -0.2) is 9.97 Å². The molecule has 5 rings (SSSR count). The zero-order valence-electron chi connectivity index (χ0n) is 16.0. The molecule has 1 amide bonds. The minimum absolute atomic E-state index is 0.0238. The summed E-state index contributed by atoms with van der Waals surface area (Å²) in [6.07, 6.45) is 5.38. The summed E-state index contributed by atoms with van der Waals surface area (Å²) >= 11 is 1.53. The Hall–Kier alpha value is -1.91. The van der Waals surface area contributed by atoms with E-state index in [1.165, 1.54) is 11.8 Å². The number of anilines is 1. The van der Waals surface area contributed by atoms with Crippen molar-refractivity contribution in [3.05, 3.63) is 12.5 Å². The van der Waals surface area contributed by atoms with Crippen LogP contribution in [0.25, 0.3) is 11.2 Å². The third-order valence-electron chi connectivity index (χ3n) is 6.38. The van der Waals surface area contributed by atoms with Crippen LogP contribution < -0.4 is 4.90 Å². The molecule has 0 saturated carbocycles. The average molecular weight is 404 g/mol. The molecule has 3 aliphatic rings. The second kappa shape index (κ2) is 6.57. The van der Waals surface area contributed by atoms with Crippen molar-refractivity contribution in [2.75, 3.05) is 49.7 Å². The number of aliphatic hydroxyl groups excluding tert-OH is 1. The molecule has 1 spiro atoms. The quantitative estimate of drug-likeness (QED) is 0.745. The lowest BCUT2D eigenvalue weighted by Gasteiger charge is -2.40. The van der Waals surface area contributed by atoms with Gasteiger partial charge in [0, 0.05) is 38.6 Å². The molecule has 1 N–H and O–H groups in total. The molecule has 2 aromatic rings. The summed E-state index contributed by atoms with van der Waals surface area (Å²) in [5, 5.41) is 10.0. The lowest BCUT2D eigenvalue weighted by Crippen LogP contribution is -2.55. The Morgan fingerprint density at radius 3 is 3.04 bits per heavy atom. The maximum absolute atomic E-state index is 12.5. The van der Waals surface area contributed by atoms with Gasteiger partial charge in [0.15, 0.2) is 5.65 Å². The number of ether oxygens (including phenoxy) is 1. The highest BCUT2D eigenvalue weighted by molar-refractivity contribution is 7.99. The standard InChI is InChI=1S/C18H24N6O3S/c1-22-10-20-16-13(22)3-19-17(21-16)24-5-14-11(6-25)12-4-23(15(26)7-28-2)8-18(12,9-24)27-14/h3,10-12,14,25H,4-9H2,1-2H3/t11-,12+,14+,18-/m0/s1. The van der Waals surface area contributed by atoms with Crippen LogP contribution in [0.15, 0.2) is 12.5 Å². The normalized spacial score (nSPS) is 31.6. The Labute approximate surface area is 167 Å². The van der Waals surface area contributed by atoms with Crippen LogP contribution in [-0.2, 0) is 16.6 Å². The number of amides is 1. The van der Waals surface area contributed by atoms with Gasteiger partial charge in [0.25, 0.3) is 0 Å². The molecule has 0 radical (unpaired) electrons. The van der Waals surface area contributed by atoms with Crippen molar-refractivity contribution in [2.45, 2.75) is 11.7 Å². The number of likely N-dealkylation sites (tertiary alicyclic amines) is 1. The number of aliphatic hydroxyl groups is 1. The highest BCUT2D eigenvalue weighted by atomic mass is 32.2. The summed E-state index contributed by atoms with van der Waals surface area (Å²) in [4.78, 5) is 30.0. The molecular formula is C18H24N6O3S. The number of aromatic nitrogens is 4. The Kier molecular flexibility index (Phi) is 4.25. The van der Waals surface area contributed by atoms with Crippen LogP contribution >= 0.6 is 11.8 Å². The van der Waals surface area contributed by atoms with Gasteiger partial charge in [-0.1, -0.05) is 0 Å². The minimum atomic E-state index is -0.465. The van der Waals surface area contributed by atoms with E-state index in [2.05, 4.69) is 19.9 Å². The first-order chi connectivity index (χ1) is 13.5. The Balaban J connectivity index is 1.45. The summed E-state index contributed by atoms with van der Waals surface area (Å²) in [6.45, 7) is 2.53. The van der Waals surface area contributed by atoms with Gasteiger partial charge in [-0.2, -0.15) is 16.7 Å². The van der Waals surface area contributed by atoms with E-state index >= 15 is 0 Å². The van der Waals surface area contributed by atoms with E-state index in [-0.39, 0.29) is 30.5 Å². The number of aryl methyl sites for hydroxylation is 1. The molecule has 4 atom stereocenters. The number of hydrogen-bond donors (Lipinski definition) is 1. The molecule has 3 fully saturated rings. The molecule has 0 aromatic carbocycles. The van der Waals surface area contributed by atoms with Crippen molar-refractivity contribution in [3.8, 4) is 0 Å². The summed E-state index contributed by atoms with van der Waals surface area (Å²) < 4.78 is 8.33. The Morgan fingerprint density at radius 1 is 1.39 bits per heavy atom. The summed E-state index contributed by atoms with van der Waals surface area (Å²) in [5.41, 5.74) is 1.09. The van der Waals surface area contributed by atoms with E-state index in [4.69, 9.17) is 4.74 Å². The van der Waals surface area contributed by atoms with Crippen LogP contribution in [0.5, 0.6) is 0 Å². The largest absolute Gasteiger partial charge is 0.396 e. The number of hydrogen-bond acceptors (Lipinski definition) is 8. The summed E-state index contributed by atoms with van der Waals surface area (Å²) in [6, 6.07) is 0. The molecular weight excluding hydrogens is 380 g/mol. The SMILES string of the molecule is CSCC(=O)N1C[C@@H]2[C@H](CO)[C@H]3CN(c4ncc5c(ncn5C)n4)C[C@]2(C1)O3. The number of nitrogens with zero attached hydrogens (tertiary/aromatic N) is 6. The molecule has 3 saturated heterocycles. The molecule has 10 heteroatoms. The fraction of sp³-hybridized carbons (Fsp3) is 0.667.